The molecule has 20 heavy (non-hydrogen) atoms. The van der Waals surface area contributed by atoms with Crippen LogP contribution in [0.5, 0.6) is 0 Å². The minimum absolute atomic E-state index is 0.0116. The normalized spacial score (nSPS) is 17.8. The van der Waals surface area contributed by atoms with Crippen molar-refractivity contribution in [3.63, 3.8) is 0 Å². The smallest absolute Gasteiger partial charge is 0.221 e. The standard InChI is InChI=1S/C15H18N2OS2/c1-10(18)17-13-6-8-20-15(13)9-16-12-3-2-4-14-11(12)5-7-19-14/h5-8,12,16H,2-4,9H2,1H3,(H,17,18). The van der Waals surface area contributed by atoms with E-state index in [1.165, 1.54) is 34.6 Å². The van der Waals surface area contributed by atoms with E-state index in [4.69, 9.17) is 0 Å². The lowest BCUT2D eigenvalue weighted by molar-refractivity contribution is -0.114. The van der Waals surface area contributed by atoms with Crippen LogP contribution in [0.3, 0.4) is 0 Å². The van der Waals surface area contributed by atoms with Gasteiger partial charge in [0, 0.05) is 29.3 Å². The van der Waals surface area contributed by atoms with E-state index < -0.39 is 0 Å². The van der Waals surface area contributed by atoms with Crippen molar-refractivity contribution in [2.45, 2.75) is 38.8 Å². The molecule has 0 saturated heterocycles. The average Bonchev–Trinajstić information content (AvgIpc) is 3.04. The summed E-state index contributed by atoms with van der Waals surface area (Å²) in [4.78, 5) is 13.9. The zero-order valence-electron chi connectivity index (χ0n) is 11.4. The first-order valence-electron chi connectivity index (χ1n) is 6.87. The third-order valence-electron chi connectivity index (χ3n) is 3.62. The molecule has 2 aromatic heterocycles. The highest BCUT2D eigenvalue weighted by Gasteiger charge is 2.21. The van der Waals surface area contributed by atoms with Crippen LogP contribution in [0.25, 0.3) is 0 Å². The molecule has 1 atom stereocenters. The molecule has 106 valence electrons. The van der Waals surface area contributed by atoms with E-state index in [0.717, 1.165) is 12.2 Å². The van der Waals surface area contributed by atoms with E-state index in [9.17, 15) is 4.79 Å². The van der Waals surface area contributed by atoms with E-state index >= 15 is 0 Å². The summed E-state index contributed by atoms with van der Waals surface area (Å²) >= 11 is 3.56. The second-order valence-electron chi connectivity index (χ2n) is 5.06. The summed E-state index contributed by atoms with van der Waals surface area (Å²) in [6.45, 7) is 2.36. The van der Waals surface area contributed by atoms with Gasteiger partial charge >= 0.3 is 0 Å². The van der Waals surface area contributed by atoms with Crippen molar-refractivity contribution in [1.82, 2.24) is 5.32 Å². The summed E-state index contributed by atoms with van der Waals surface area (Å²) in [7, 11) is 0. The molecule has 0 saturated carbocycles. The van der Waals surface area contributed by atoms with Gasteiger partial charge in [0.05, 0.1) is 5.69 Å². The van der Waals surface area contributed by atoms with Crippen LogP contribution >= 0.6 is 22.7 Å². The minimum atomic E-state index is -0.0116. The van der Waals surface area contributed by atoms with Crippen molar-refractivity contribution < 1.29 is 4.79 Å². The average molecular weight is 306 g/mol. The Labute approximate surface area is 127 Å². The van der Waals surface area contributed by atoms with Crippen LogP contribution in [0.1, 0.15) is 41.1 Å². The Bertz CT molecular complexity index is 603. The van der Waals surface area contributed by atoms with Crippen molar-refractivity contribution in [2.75, 3.05) is 5.32 Å². The van der Waals surface area contributed by atoms with Gasteiger partial charge in [-0.3, -0.25) is 4.79 Å². The monoisotopic (exact) mass is 306 g/mol. The highest BCUT2D eigenvalue weighted by atomic mass is 32.1. The topological polar surface area (TPSA) is 41.1 Å². The molecule has 0 radical (unpaired) electrons. The predicted octanol–water partition coefficient (Wildman–Crippen LogP) is 3.94. The van der Waals surface area contributed by atoms with Gasteiger partial charge in [0.1, 0.15) is 0 Å². The van der Waals surface area contributed by atoms with E-state index in [1.54, 1.807) is 18.3 Å². The molecule has 2 aromatic rings. The zero-order valence-corrected chi connectivity index (χ0v) is 13.1. The third kappa shape index (κ3) is 2.95. The lowest BCUT2D eigenvalue weighted by atomic mass is 9.94. The molecule has 1 amide bonds. The maximum Gasteiger partial charge on any atom is 0.221 e. The summed E-state index contributed by atoms with van der Waals surface area (Å²) in [6.07, 6.45) is 3.68. The summed E-state index contributed by atoms with van der Waals surface area (Å²) in [6, 6.07) is 4.68. The number of thiophene rings is 2. The molecule has 5 heteroatoms. The molecule has 2 heterocycles. The van der Waals surface area contributed by atoms with Crippen molar-refractivity contribution in [2.24, 2.45) is 0 Å². The van der Waals surface area contributed by atoms with E-state index in [1.807, 2.05) is 22.8 Å². The number of carbonyl (C=O) groups excluding carboxylic acids is 1. The first-order valence-corrected chi connectivity index (χ1v) is 8.63. The molecule has 0 aromatic carbocycles. The summed E-state index contributed by atoms with van der Waals surface area (Å²) in [5, 5.41) is 10.8. The fourth-order valence-corrected chi connectivity index (χ4v) is 4.46. The molecule has 3 nitrogen and oxygen atoms in total. The highest BCUT2D eigenvalue weighted by Crippen LogP contribution is 2.34. The quantitative estimate of drug-likeness (QED) is 0.898. The molecule has 0 bridgehead atoms. The third-order valence-corrected chi connectivity index (χ3v) is 5.53. The minimum Gasteiger partial charge on any atom is -0.325 e. The molecule has 3 rings (SSSR count). The molecular weight excluding hydrogens is 288 g/mol. The zero-order chi connectivity index (χ0) is 13.9. The van der Waals surface area contributed by atoms with Gasteiger partial charge in [-0.15, -0.1) is 22.7 Å². The number of hydrogen-bond acceptors (Lipinski definition) is 4. The maximum atomic E-state index is 11.2. The van der Waals surface area contributed by atoms with Crippen molar-refractivity contribution >= 4 is 34.3 Å². The van der Waals surface area contributed by atoms with Crippen molar-refractivity contribution in [1.29, 1.82) is 0 Å². The Hall–Kier alpha value is -1.17. The molecule has 0 fully saturated rings. The number of aryl methyl sites for hydroxylation is 1. The van der Waals surface area contributed by atoms with Gasteiger partial charge in [-0.1, -0.05) is 0 Å². The van der Waals surface area contributed by atoms with Crippen LogP contribution in [-0.4, -0.2) is 5.91 Å². The van der Waals surface area contributed by atoms with E-state index in [2.05, 4.69) is 22.1 Å². The van der Waals surface area contributed by atoms with Crippen LogP contribution in [0.15, 0.2) is 22.9 Å². The fourth-order valence-electron chi connectivity index (χ4n) is 2.69. The van der Waals surface area contributed by atoms with Gasteiger partial charge in [-0.25, -0.2) is 0 Å². The number of fused-ring (bicyclic) bond motifs is 1. The summed E-state index contributed by atoms with van der Waals surface area (Å²) in [5.41, 5.74) is 2.41. The van der Waals surface area contributed by atoms with Gasteiger partial charge in [0.2, 0.25) is 5.91 Å². The Balaban J connectivity index is 1.66. The Morgan fingerprint density at radius 1 is 1.35 bits per heavy atom. The van der Waals surface area contributed by atoms with Crippen molar-refractivity contribution in [3.05, 3.63) is 38.2 Å². The highest BCUT2D eigenvalue weighted by molar-refractivity contribution is 7.10. The van der Waals surface area contributed by atoms with Gasteiger partial charge in [0.25, 0.3) is 0 Å². The van der Waals surface area contributed by atoms with Crippen LogP contribution in [0, 0.1) is 0 Å². The lowest BCUT2D eigenvalue weighted by Gasteiger charge is -2.23. The van der Waals surface area contributed by atoms with Crippen LogP contribution in [0.2, 0.25) is 0 Å². The SMILES string of the molecule is CC(=O)Nc1ccsc1CNC1CCCc2sccc21. The van der Waals surface area contributed by atoms with Crippen LogP contribution in [0.4, 0.5) is 5.69 Å². The number of anilines is 1. The second-order valence-corrected chi connectivity index (χ2v) is 7.06. The van der Waals surface area contributed by atoms with Crippen LogP contribution < -0.4 is 10.6 Å². The number of hydrogen-bond donors (Lipinski definition) is 2. The predicted molar refractivity (Wildman–Crippen MR) is 85.5 cm³/mol. The van der Waals surface area contributed by atoms with Gasteiger partial charge in [-0.05, 0) is 47.7 Å². The Morgan fingerprint density at radius 2 is 2.20 bits per heavy atom. The van der Waals surface area contributed by atoms with Gasteiger partial charge < -0.3 is 10.6 Å². The van der Waals surface area contributed by atoms with Crippen LogP contribution in [-0.2, 0) is 17.8 Å². The van der Waals surface area contributed by atoms with E-state index in [0.29, 0.717) is 6.04 Å². The molecule has 1 aliphatic rings. The fraction of sp³-hybridized carbons (Fsp3) is 0.400. The second kappa shape index (κ2) is 6.08. The molecule has 0 aliphatic heterocycles. The first kappa shape index (κ1) is 13.8. The molecular formula is C15H18N2OS2. The maximum absolute atomic E-state index is 11.2. The van der Waals surface area contributed by atoms with Gasteiger partial charge in [-0.2, -0.15) is 0 Å². The first-order chi connectivity index (χ1) is 9.74. The summed E-state index contributed by atoms with van der Waals surface area (Å²) < 4.78 is 0. The molecule has 0 spiro atoms. The largest absolute Gasteiger partial charge is 0.325 e. The lowest BCUT2D eigenvalue weighted by Crippen LogP contribution is -2.24. The molecule has 1 unspecified atom stereocenters. The number of nitrogens with one attached hydrogen (secondary N) is 2. The molecule has 2 N–H and O–H groups in total. The number of carbonyl (C=O) groups is 1. The van der Waals surface area contributed by atoms with E-state index in [-0.39, 0.29) is 5.91 Å². The van der Waals surface area contributed by atoms with Gasteiger partial charge in [0.15, 0.2) is 0 Å². The Morgan fingerprint density at radius 3 is 3.05 bits per heavy atom. The number of rotatable bonds is 4. The Kier molecular flexibility index (Phi) is 4.19. The molecule has 1 aliphatic carbocycles. The number of amides is 1. The van der Waals surface area contributed by atoms with Crippen molar-refractivity contribution in [3.8, 4) is 0 Å². The summed E-state index contributed by atoms with van der Waals surface area (Å²) in [5.74, 6) is -0.0116.